The lowest BCUT2D eigenvalue weighted by Crippen LogP contribution is -2.66. The molecule has 9 nitrogen and oxygen atoms in total. The van der Waals surface area contributed by atoms with Gasteiger partial charge in [-0.1, -0.05) is 11.6 Å². The number of rotatable bonds is 5. The Morgan fingerprint density at radius 2 is 2.03 bits per heavy atom. The highest BCUT2D eigenvalue weighted by Gasteiger charge is 2.55. The number of urea groups is 1. The maximum absolute atomic E-state index is 13.2. The van der Waals surface area contributed by atoms with Gasteiger partial charge in [0.1, 0.15) is 24.2 Å². The molecule has 3 amide bonds. The van der Waals surface area contributed by atoms with Crippen molar-refractivity contribution in [2.75, 3.05) is 52.4 Å². The van der Waals surface area contributed by atoms with Crippen molar-refractivity contribution in [1.29, 1.82) is 0 Å². The molecule has 1 N–H and O–H groups in total. The van der Waals surface area contributed by atoms with Gasteiger partial charge < -0.3 is 19.3 Å². The van der Waals surface area contributed by atoms with Crippen molar-refractivity contribution in [3.63, 3.8) is 0 Å². The zero-order valence-corrected chi connectivity index (χ0v) is 17.6. The molecule has 0 saturated carbocycles. The zero-order chi connectivity index (χ0) is 20.7. The minimum Gasteiger partial charge on any atom is -0.495 e. The summed E-state index contributed by atoms with van der Waals surface area (Å²) in [5.74, 6) is 0.436. The van der Waals surface area contributed by atoms with Crippen LogP contribution in [-0.4, -0.2) is 92.6 Å². The Bertz CT molecular complexity index is 809. The van der Waals surface area contributed by atoms with Crippen LogP contribution in [0, 0.1) is 0 Å². The van der Waals surface area contributed by atoms with Crippen LogP contribution in [0.2, 0.25) is 5.02 Å². The van der Waals surface area contributed by atoms with Crippen molar-refractivity contribution in [3.8, 4) is 5.75 Å². The Labute approximate surface area is 175 Å². The van der Waals surface area contributed by atoms with Gasteiger partial charge in [-0.05, 0) is 24.6 Å². The first-order chi connectivity index (χ1) is 14.0. The molecule has 4 rings (SSSR count). The van der Waals surface area contributed by atoms with Gasteiger partial charge in [0.05, 0.1) is 25.3 Å². The van der Waals surface area contributed by atoms with Crippen molar-refractivity contribution >= 4 is 29.2 Å². The van der Waals surface area contributed by atoms with E-state index in [0.717, 1.165) is 25.2 Å². The number of methoxy groups -OCH3 is 2. The number of fused-ring (bicyclic) bond motifs is 3. The summed E-state index contributed by atoms with van der Waals surface area (Å²) < 4.78 is 10.3. The quantitative estimate of drug-likeness (QED) is 0.756. The van der Waals surface area contributed by atoms with E-state index in [9.17, 15) is 9.59 Å². The standard InChI is InChI=1S/C19H26ClN5O4/c1-22-16-15(17(26)25(19(22)27)9-10-28-2)24-8-4-7-23(18(24)21-16)12-5-6-14(29-3)13(20)11-12/h5-6,11,15-16,18,21H,4,7-10H2,1-3H3. The number of hydrogen-bond acceptors (Lipinski definition) is 7. The van der Waals surface area contributed by atoms with E-state index >= 15 is 0 Å². The Morgan fingerprint density at radius 3 is 2.72 bits per heavy atom. The highest BCUT2D eigenvalue weighted by atomic mass is 35.5. The molecule has 3 aliphatic rings. The lowest BCUT2D eigenvalue weighted by atomic mass is 10.1. The van der Waals surface area contributed by atoms with Gasteiger partial charge in [-0.2, -0.15) is 0 Å². The maximum atomic E-state index is 13.2. The van der Waals surface area contributed by atoms with Crippen LogP contribution in [0.15, 0.2) is 18.2 Å². The molecule has 1 aromatic carbocycles. The fourth-order valence-electron chi connectivity index (χ4n) is 4.41. The fraction of sp³-hybridized carbons (Fsp3) is 0.579. The summed E-state index contributed by atoms with van der Waals surface area (Å²) in [4.78, 5) is 33.1. The first-order valence-electron chi connectivity index (χ1n) is 9.67. The summed E-state index contributed by atoms with van der Waals surface area (Å²) in [5, 5.41) is 4.02. The largest absolute Gasteiger partial charge is 0.495 e. The van der Waals surface area contributed by atoms with Crippen LogP contribution in [0.4, 0.5) is 10.5 Å². The maximum Gasteiger partial charge on any atom is 0.327 e. The van der Waals surface area contributed by atoms with Crippen molar-refractivity contribution in [2.24, 2.45) is 0 Å². The van der Waals surface area contributed by atoms with E-state index in [2.05, 4.69) is 15.1 Å². The number of amides is 3. The summed E-state index contributed by atoms with van der Waals surface area (Å²) in [6.45, 7) is 2.15. The van der Waals surface area contributed by atoms with E-state index in [-0.39, 0.29) is 30.9 Å². The third-order valence-corrected chi connectivity index (χ3v) is 6.15. The van der Waals surface area contributed by atoms with Gasteiger partial charge in [0.15, 0.2) is 0 Å². The SMILES string of the molecule is COCCN1C(=O)C2C(NC3N(c4ccc(OC)c(Cl)c4)CCCN23)N(C)C1=O. The molecule has 158 valence electrons. The molecule has 29 heavy (non-hydrogen) atoms. The minimum absolute atomic E-state index is 0.181. The number of benzene rings is 1. The topological polar surface area (TPSA) is 77.6 Å². The van der Waals surface area contributed by atoms with Crippen LogP contribution < -0.4 is 15.0 Å². The number of likely N-dealkylation sites (N-methyl/N-ethyl adjacent to an activating group) is 1. The van der Waals surface area contributed by atoms with Crippen molar-refractivity contribution in [3.05, 3.63) is 23.2 Å². The van der Waals surface area contributed by atoms with Crippen LogP contribution in [0.1, 0.15) is 6.42 Å². The molecule has 0 aliphatic carbocycles. The lowest BCUT2D eigenvalue weighted by molar-refractivity contribution is -0.139. The molecule has 1 aromatic rings. The van der Waals surface area contributed by atoms with Gasteiger partial charge >= 0.3 is 6.03 Å². The van der Waals surface area contributed by atoms with Crippen LogP contribution in [-0.2, 0) is 9.53 Å². The molecule has 0 aromatic heterocycles. The Kier molecular flexibility index (Phi) is 5.56. The molecule has 3 fully saturated rings. The molecule has 0 radical (unpaired) electrons. The Balaban J connectivity index is 1.62. The van der Waals surface area contributed by atoms with Gasteiger partial charge in [-0.25, -0.2) is 4.79 Å². The predicted octanol–water partition coefficient (Wildman–Crippen LogP) is 0.983. The van der Waals surface area contributed by atoms with E-state index in [1.807, 2.05) is 18.2 Å². The number of carbonyl (C=O) groups is 2. The molecule has 3 atom stereocenters. The third kappa shape index (κ3) is 3.31. The highest BCUT2D eigenvalue weighted by Crippen LogP contribution is 2.35. The monoisotopic (exact) mass is 423 g/mol. The Morgan fingerprint density at radius 1 is 1.24 bits per heavy atom. The fourth-order valence-corrected chi connectivity index (χ4v) is 4.66. The summed E-state index contributed by atoms with van der Waals surface area (Å²) in [6.07, 6.45) is 0.312. The summed E-state index contributed by atoms with van der Waals surface area (Å²) >= 11 is 6.34. The average molecular weight is 424 g/mol. The van der Waals surface area contributed by atoms with E-state index in [4.69, 9.17) is 21.1 Å². The molecule has 3 saturated heterocycles. The number of ether oxygens (including phenoxy) is 2. The highest BCUT2D eigenvalue weighted by molar-refractivity contribution is 6.32. The minimum atomic E-state index is -0.434. The first kappa shape index (κ1) is 20.2. The number of nitrogens with one attached hydrogen (secondary N) is 1. The number of anilines is 1. The Hall–Kier alpha value is -2.07. The van der Waals surface area contributed by atoms with Crippen molar-refractivity contribution in [1.82, 2.24) is 20.0 Å². The zero-order valence-electron chi connectivity index (χ0n) is 16.8. The molecular formula is C19H26ClN5O4. The number of carbonyl (C=O) groups excluding carboxylic acids is 2. The average Bonchev–Trinajstić information content (AvgIpc) is 3.12. The van der Waals surface area contributed by atoms with Gasteiger partial charge in [0.2, 0.25) is 0 Å². The van der Waals surface area contributed by atoms with Crippen LogP contribution in [0.3, 0.4) is 0 Å². The second-order valence-electron chi connectivity index (χ2n) is 7.41. The van der Waals surface area contributed by atoms with Crippen molar-refractivity contribution in [2.45, 2.75) is 24.9 Å². The van der Waals surface area contributed by atoms with Crippen molar-refractivity contribution < 1.29 is 19.1 Å². The van der Waals surface area contributed by atoms with E-state index in [1.165, 1.54) is 4.90 Å². The molecule has 10 heteroatoms. The van der Waals surface area contributed by atoms with E-state index < -0.39 is 6.04 Å². The number of halogens is 1. The number of imide groups is 1. The van der Waals surface area contributed by atoms with Crippen LogP contribution in [0.5, 0.6) is 5.75 Å². The van der Waals surface area contributed by atoms with Gasteiger partial charge in [-0.3, -0.25) is 19.9 Å². The normalized spacial score (nSPS) is 27.3. The van der Waals surface area contributed by atoms with Crippen LogP contribution in [0.25, 0.3) is 0 Å². The molecular weight excluding hydrogens is 398 g/mol. The molecule has 3 aliphatic heterocycles. The smallest absolute Gasteiger partial charge is 0.327 e. The van der Waals surface area contributed by atoms with Gasteiger partial charge in [-0.15, -0.1) is 0 Å². The van der Waals surface area contributed by atoms with E-state index in [0.29, 0.717) is 17.4 Å². The predicted molar refractivity (Wildman–Crippen MR) is 108 cm³/mol. The second kappa shape index (κ2) is 7.98. The van der Waals surface area contributed by atoms with Gasteiger partial charge in [0.25, 0.3) is 5.91 Å². The summed E-state index contributed by atoms with van der Waals surface area (Å²) in [5.41, 5.74) is 0.939. The number of hydrogen-bond donors (Lipinski definition) is 1. The summed E-state index contributed by atoms with van der Waals surface area (Å²) in [7, 11) is 4.87. The van der Waals surface area contributed by atoms with Gasteiger partial charge in [0, 0.05) is 32.9 Å². The summed E-state index contributed by atoms with van der Waals surface area (Å²) in [6, 6.07) is 4.93. The number of nitrogens with zero attached hydrogens (tertiary/aromatic N) is 4. The first-order valence-corrected chi connectivity index (χ1v) is 10.0. The molecule has 0 bridgehead atoms. The molecule has 3 unspecified atom stereocenters. The molecule has 3 heterocycles. The molecule has 0 spiro atoms. The lowest BCUT2D eigenvalue weighted by Gasteiger charge is -2.43. The third-order valence-electron chi connectivity index (χ3n) is 5.86. The second-order valence-corrected chi connectivity index (χ2v) is 7.82. The van der Waals surface area contributed by atoms with E-state index in [1.54, 1.807) is 26.2 Å². The van der Waals surface area contributed by atoms with Crippen LogP contribution >= 0.6 is 11.6 Å².